The lowest BCUT2D eigenvalue weighted by Crippen LogP contribution is -2.54. The lowest BCUT2D eigenvalue weighted by Gasteiger charge is -2.34. The van der Waals surface area contributed by atoms with Crippen LogP contribution in [0.15, 0.2) is 36.4 Å². The van der Waals surface area contributed by atoms with Crippen molar-refractivity contribution < 1.29 is 50.5 Å². The van der Waals surface area contributed by atoms with Gasteiger partial charge in [0.2, 0.25) is 0 Å². The molecule has 2 aromatic carbocycles. The van der Waals surface area contributed by atoms with Gasteiger partial charge in [0.25, 0.3) is 11.5 Å². The van der Waals surface area contributed by atoms with Crippen LogP contribution in [0.2, 0.25) is 0 Å². The van der Waals surface area contributed by atoms with Crippen molar-refractivity contribution in [3.8, 4) is 11.5 Å². The third kappa shape index (κ3) is 7.72. The number of nitrogens with zero attached hydrogens (tertiary/aromatic N) is 1. The van der Waals surface area contributed by atoms with E-state index >= 15 is 0 Å². The fourth-order valence-corrected chi connectivity index (χ4v) is 5.46. The SMILES string of the molecule is CCCc1cc(C(O)(C(F)(F)F)C(F)(F)F)cc(CC(C)C)c1OCCCCN1C(=O)NC(C)(c2ccc(OC(C)C)cc2)C1=O. The molecule has 2 aromatic rings. The lowest BCUT2D eigenvalue weighted by molar-refractivity contribution is -0.376. The maximum absolute atomic E-state index is 13.7. The van der Waals surface area contributed by atoms with Gasteiger partial charge in [-0.3, -0.25) is 9.69 Å². The van der Waals surface area contributed by atoms with Gasteiger partial charge in [-0.05, 0) is 93.3 Å². The molecule has 1 atom stereocenters. The number of hydrogen-bond donors (Lipinski definition) is 2. The molecule has 3 amide bonds. The van der Waals surface area contributed by atoms with Crippen molar-refractivity contribution in [1.82, 2.24) is 10.2 Å². The van der Waals surface area contributed by atoms with Crippen molar-refractivity contribution in [2.45, 2.75) is 103 Å². The minimum Gasteiger partial charge on any atom is -0.493 e. The number of unbranched alkanes of at least 4 members (excludes halogenated alkanes) is 1. The molecule has 0 saturated carbocycles. The van der Waals surface area contributed by atoms with Crippen LogP contribution in [0.3, 0.4) is 0 Å². The fourth-order valence-electron chi connectivity index (χ4n) is 5.46. The van der Waals surface area contributed by atoms with Crippen molar-refractivity contribution in [1.29, 1.82) is 0 Å². The summed E-state index contributed by atoms with van der Waals surface area (Å²) >= 11 is 0. The number of aryl methyl sites for hydroxylation is 1. The molecule has 0 spiro atoms. The maximum atomic E-state index is 13.7. The van der Waals surface area contributed by atoms with Crippen LogP contribution in [0, 0.1) is 5.92 Å². The third-order valence-corrected chi connectivity index (χ3v) is 7.73. The summed E-state index contributed by atoms with van der Waals surface area (Å²) in [6, 6.07) is 7.76. The number of amides is 3. The topological polar surface area (TPSA) is 88.1 Å². The highest BCUT2D eigenvalue weighted by molar-refractivity contribution is 6.07. The van der Waals surface area contributed by atoms with Gasteiger partial charge < -0.3 is 19.9 Å². The van der Waals surface area contributed by atoms with Crippen LogP contribution in [0.4, 0.5) is 31.1 Å². The molecule has 0 bridgehead atoms. The molecular formula is C33H42F6N2O5. The summed E-state index contributed by atoms with van der Waals surface area (Å²) in [7, 11) is 0. The normalized spacial score (nSPS) is 17.7. The standard InChI is InChI=1S/C33H42F6N2O5/c1-7-10-22-18-25(31(44,32(34,35)36)33(37,38)39)19-23(17-20(2)3)27(22)45-16-9-8-15-41-28(42)30(6,40-29(41)43)24-11-13-26(14-12-24)46-21(4)5/h11-14,18-21,44H,7-10,15-17H2,1-6H3,(H,40,43). The molecule has 46 heavy (non-hydrogen) atoms. The van der Waals surface area contributed by atoms with Crippen LogP contribution in [0.5, 0.6) is 11.5 Å². The number of urea groups is 1. The van der Waals surface area contributed by atoms with Crippen LogP contribution >= 0.6 is 0 Å². The number of nitrogens with one attached hydrogen (secondary N) is 1. The monoisotopic (exact) mass is 660 g/mol. The first-order valence-corrected chi connectivity index (χ1v) is 15.3. The number of benzene rings is 2. The van der Waals surface area contributed by atoms with Gasteiger partial charge in [-0.15, -0.1) is 0 Å². The van der Waals surface area contributed by atoms with Crippen molar-refractivity contribution in [3.63, 3.8) is 0 Å². The second-order valence-electron chi connectivity index (χ2n) is 12.4. The molecule has 1 aliphatic heterocycles. The summed E-state index contributed by atoms with van der Waals surface area (Å²) in [6.45, 7) is 10.7. The van der Waals surface area contributed by atoms with Crippen molar-refractivity contribution in [3.05, 3.63) is 58.7 Å². The number of imide groups is 1. The van der Waals surface area contributed by atoms with Gasteiger partial charge in [0.1, 0.15) is 17.0 Å². The van der Waals surface area contributed by atoms with E-state index in [1.807, 2.05) is 13.8 Å². The summed E-state index contributed by atoms with van der Waals surface area (Å²) in [5, 5.41) is 12.8. The molecule has 1 aliphatic rings. The number of carbonyl (C=O) groups is 2. The Labute approximate surface area is 265 Å². The fraction of sp³-hybridized carbons (Fsp3) is 0.576. The molecule has 13 heteroatoms. The molecule has 256 valence electrons. The van der Waals surface area contributed by atoms with E-state index in [1.54, 1.807) is 52.0 Å². The van der Waals surface area contributed by atoms with E-state index in [0.29, 0.717) is 30.6 Å². The van der Waals surface area contributed by atoms with Gasteiger partial charge in [0, 0.05) is 12.1 Å². The van der Waals surface area contributed by atoms with Gasteiger partial charge >= 0.3 is 18.4 Å². The second kappa shape index (κ2) is 14.1. The van der Waals surface area contributed by atoms with Crippen molar-refractivity contribution in [2.24, 2.45) is 5.92 Å². The van der Waals surface area contributed by atoms with Crippen molar-refractivity contribution in [2.75, 3.05) is 13.2 Å². The molecule has 7 nitrogen and oxygen atoms in total. The number of rotatable bonds is 14. The Morgan fingerprint density at radius 2 is 1.52 bits per heavy atom. The van der Waals surface area contributed by atoms with E-state index in [2.05, 4.69) is 5.32 Å². The average molecular weight is 661 g/mol. The zero-order valence-electron chi connectivity index (χ0n) is 26.9. The summed E-state index contributed by atoms with van der Waals surface area (Å²) < 4.78 is 93.9. The quantitative estimate of drug-likeness (QED) is 0.124. The van der Waals surface area contributed by atoms with Crippen LogP contribution in [0.1, 0.15) is 83.1 Å². The highest BCUT2D eigenvalue weighted by Crippen LogP contribution is 2.51. The van der Waals surface area contributed by atoms with Crippen molar-refractivity contribution >= 4 is 11.9 Å². The van der Waals surface area contributed by atoms with Crippen LogP contribution in [-0.4, -0.2) is 53.6 Å². The highest BCUT2D eigenvalue weighted by atomic mass is 19.4. The van der Waals surface area contributed by atoms with E-state index in [4.69, 9.17) is 9.47 Å². The number of carbonyl (C=O) groups excluding carboxylic acids is 2. The van der Waals surface area contributed by atoms with E-state index < -0.39 is 41.0 Å². The summed E-state index contributed by atoms with van der Waals surface area (Å²) in [5.41, 5.74) is -6.80. The molecule has 1 saturated heterocycles. The van der Waals surface area contributed by atoms with Gasteiger partial charge in [-0.25, -0.2) is 4.79 Å². The highest BCUT2D eigenvalue weighted by Gasteiger charge is 2.71. The van der Waals surface area contributed by atoms with E-state index in [9.17, 15) is 41.0 Å². The summed E-state index contributed by atoms with van der Waals surface area (Å²) in [4.78, 5) is 27.2. The predicted molar refractivity (Wildman–Crippen MR) is 160 cm³/mol. The smallest absolute Gasteiger partial charge is 0.430 e. The van der Waals surface area contributed by atoms with Crippen LogP contribution < -0.4 is 14.8 Å². The molecule has 0 aromatic heterocycles. The number of aliphatic hydroxyl groups is 1. The molecule has 3 rings (SSSR count). The Balaban J connectivity index is 1.75. The lowest BCUT2D eigenvalue weighted by atomic mass is 9.86. The summed E-state index contributed by atoms with van der Waals surface area (Å²) in [6.07, 6.45) is -10.8. The molecule has 0 aliphatic carbocycles. The molecule has 1 heterocycles. The average Bonchev–Trinajstić information content (AvgIpc) is 3.15. The van der Waals surface area contributed by atoms with Gasteiger partial charge in [-0.1, -0.05) is 39.3 Å². The Hall–Kier alpha value is -3.48. The Kier molecular flexibility index (Phi) is 11.3. The Bertz CT molecular complexity index is 1360. The van der Waals surface area contributed by atoms with E-state index in [1.165, 1.54) is 0 Å². The van der Waals surface area contributed by atoms with Crippen LogP contribution in [0.25, 0.3) is 0 Å². The molecule has 0 radical (unpaired) electrons. The zero-order valence-corrected chi connectivity index (χ0v) is 26.9. The van der Waals surface area contributed by atoms with Gasteiger partial charge in [0.05, 0.1) is 12.7 Å². The molecular weight excluding hydrogens is 618 g/mol. The second-order valence-corrected chi connectivity index (χ2v) is 12.4. The Morgan fingerprint density at radius 3 is 2.04 bits per heavy atom. The summed E-state index contributed by atoms with van der Waals surface area (Å²) in [5.74, 6) is 0.224. The molecule has 2 N–H and O–H groups in total. The van der Waals surface area contributed by atoms with Gasteiger partial charge in [-0.2, -0.15) is 26.3 Å². The number of hydrogen-bond acceptors (Lipinski definition) is 5. The first-order chi connectivity index (χ1) is 21.3. The minimum absolute atomic E-state index is 0.0300. The van der Waals surface area contributed by atoms with Crippen LogP contribution in [-0.2, 0) is 28.8 Å². The Morgan fingerprint density at radius 1 is 0.935 bits per heavy atom. The predicted octanol–water partition coefficient (Wildman–Crippen LogP) is 7.56. The first kappa shape index (κ1) is 37.0. The minimum atomic E-state index is -6.01. The van der Waals surface area contributed by atoms with E-state index in [-0.39, 0.29) is 54.9 Å². The number of halogens is 6. The first-order valence-electron chi connectivity index (χ1n) is 15.3. The molecule has 1 fully saturated rings. The third-order valence-electron chi connectivity index (χ3n) is 7.73. The number of alkyl halides is 6. The zero-order chi connectivity index (χ0) is 34.7. The maximum Gasteiger partial charge on any atom is 0.430 e. The number of ether oxygens (including phenoxy) is 2. The van der Waals surface area contributed by atoms with E-state index in [0.717, 1.165) is 17.0 Å². The largest absolute Gasteiger partial charge is 0.493 e. The van der Waals surface area contributed by atoms with Gasteiger partial charge in [0.15, 0.2) is 0 Å². The molecule has 1 unspecified atom stereocenters.